The maximum atomic E-state index is 12.9. The van der Waals surface area contributed by atoms with Crippen LogP contribution in [0, 0.1) is 0 Å². The number of carbonyl (C=O) groups excluding carboxylic acids is 1. The van der Waals surface area contributed by atoms with E-state index in [0.717, 1.165) is 54.0 Å². The minimum Gasteiger partial charge on any atom is -0.354 e. The number of alkyl halides is 1. The van der Waals surface area contributed by atoms with E-state index in [-0.39, 0.29) is 12.6 Å². The Bertz CT molecular complexity index is 1320. The van der Waals surface area contributed by atoms with E-state index in [1.165, 1.54) is 0 Å². The van der Waals surface area contributed by atoms with Gasteiger partial charge in [0.15, 0.2) is 0 Å². The molecule has 0 aromatic carbocycles. The van der Waals surface area contributed by atoms with Crippen molar-refractivity contribution in [3.63, 3.8) is 0 Å². The van der Waals surface area contributed by atoms with E-state index in [4.69, 9.17) is 0 Å². The summed E-state index contributed by atoms with van der Waals surface area (Å²) in [6.45, 7) is 3.17. The quantitative estimate of drug-likeness (QED) is 0.473. The average molecular weight is 461 g/mol. The van der Waals surface area contributed by atoms with E-state index in [9.17, 15) is 9.18 Å². The molecule has 0 atom stereocenters. The molecule has 4 aromatic heterocycles. The van der Waals surface area contributed by atoms with Crippen molar-refractivity contribution in [2.24, 2.45) is 7.05 Å². The van der Waals surface area contributed by atoms with Gasteiger partial charge in [0.25, 0.3) is 5.91 Å². The topological polar surface area (TPSA) is 92.1 Å². The molecule has 0 aliphatic carbocycles. The van der Waals surface area contributed by atoms with E-state index in [1.54, 1.807) is 41.6 Å². The average Bonchev–Trinajstić information content (AvgIpc) is 3.30. The number of fused-ring (bicyclic) bond motifs is 1. The van der Waals surface area contributed by atoms with Crippen LogP contribution in [0.2, 0.25) is 0 Å². The number of rotatable bonds is 6. The van der Waals surface area contributed by atoms with Crippen LogP contribution in [0.15, 0.2) is 55.2 Å². The second-order valence-corrected chi connectivity index (χ2v) is 8.26. The highest BCUT2D eigenvalue weighted by molar-refractivity contribution is 6.04. The van der Waals surface area contributed by atoms with Gasteiger partial charge in [0.2, 0.25) is 0 Å². The van der Waals surface area contributed by atoms with E-state index in [2.05, 4.69) is 35.2 Å². The molecule has 1 amide bonds. The van der Waals surface area contributed by atoms with E-state index < -0.39 is 0 Å². The van der Waals surface area contributed by atoms with Gasteiger partial charge in [-0.3, -0.25) is 19.4 Å². The van der Waals surface area contributed by atoms with Gasteiger partial charge in [-0.15, -0.1) is 0 Å². The Kier molecular flexibility index (Phi) is 6.13. The Morgan fingerprint density at radius 3 is 2.65 bits per heavy atom. The number of aryl methyl sites for hydroxylation is 1. The molecule has 1 fully saturated rings. The number of aromatic nitrogens is 5. The number of nitrogens with zero attached hydrogens (tertiary/aromatic N) is 7. The molecule has 1 aliphatic rings. The van der Waals surface area contributed by atoms with E-state index >= 15 is 0 Å². The summed E-state index contributed by atoms with van der Waals surface area (Å²) in [7, 11) is 1.87. The van der Waals surface area contributed by atoms with Crippen molar-refractivity contribution in [1.82, 2.24) is 29.6 Å². The molecular formula is C24H25FN8O. The van der Waals surface area contributed by atoms with Gasteiger partial charge in [-0.25, -0.2) is 14.4 Å². The standard InChI is InChI=1S/C24H25FN8O/c1-31-16-20(14-29-31)19-10-18-11-22(28-15-21(18)27-13-19)30-24(34)17-2-4-26-23(12-17)33-8-6-32(5-3-25)7-9-33/h2,4,10-16H,3,5-9H2,1H3,(H,28,30,34). The summed E-state index contributed by atoms with van der Waals surface area (Å²) in [6, 6.07) is 7.28. The zero-order valence-corrected chi connectivity index (χ0v) is 18.9. The van der Waals surface area contributed by atoms with Gasteiger partial charge in [-0.1, -0.05) is 0 Å². The summed E-state index contributed by atoms with van der Waals surface area (Å²) in [5.41, 5.74) is 3.15. The molecule has 1 aliphatic heterocycles. The van der Waals surface area contributed by atoms with Gasteiger partial charge >= 0.3 is 0 Å². The predicted octanol–water partition coefficient (Wildman–Crippen LogP) is 2.77. The molecule has 5 rings (SSSR count). The maximum absolute atomic E-state index is 12.9. The normalized spacial score (nSPS) is 14.5. The van der Waals surface area contributed by atoms with Crippen LogP contribution in [-0.2, 0) is 7.05 Å². The number of hydrogen-bond donors (Lipinski definition) is 1. The summed E-state index contributed by atoms with van der Waals surface area (Å²) in [6.07, 6.45) is 8.78. The fourth-order valence-electron chi connectivity index (χ4n) is 4.07. The second kappa shape index (κ2) is 9.52. The number of pyridine rings is 3. The first-order valence-corrected chi connectivity index (χ1v) is 11.1. The summed E-state index contributed by atoms with van der Waals surface area (Å²) >= 11 is 0. The Hall–Kier alpha value is -3.92. The number of amides is 1. The van der Waals surface area contributed by atoms with Crippen molar-refractivity contribution in [1.29, 1.82) is 0 Å². The first-order chi connectivity index (χ1) is 16.6. The van der Waals surface area contributed by atoms with Gasteiger partial charge in [-0.2, -0.15) is 5.10 Å². The van der Waals surface area contributed by atoms with Crippen LogP contribution in [0.4, 0.5) is 16.0 Å². The van der Waals surface area contributed by atoms with Crippen molar-refractivity contribution in [2.75, 3.05) is 49.6 Å². The van der Waals surface area contributed by atoms with Gasteiger partial charge in [0.1, 0.15) is 18.3 Å². The van der Waals surface area contributed by atoms with Crippen molar-refractivity contribution >= 4 is 28.4 Å². The molecule has 0 saturated carbocycles. The Morgan fingerprint density at radius 2 is 1.88 bits per heavy atom. The molecule has 0 spiro atoms. The van der Waals surface area contributed by atoms with Crippen LogP contribution >= 0.6 is 0 Å². The lowest BCUT2D eigenvalue weighted by Gasteiger charge is -2.35. The predicted molar refractivity (Wildman–Crippen MR) is 129 cm³/mol. The number of anilines is 2. The number of nitrogens with one attached hydrogen (secondary N) is 1. The van der Waals surface area contributed by atoms with Gasteiger partial charge < -0.3 is 10.2 Å². The first-order valence-electron chi connectivity index (χ1n) is 11.1. The smallest absolute Gasteiger partial charge is 0.257 e. The summed E-state index contributed by atoms with van der Waals surface area (Å²) < 4.78 is 14.3. The molecule has 0 bridgehead atoms. The van der Waals surface area contributed by atoms with Gasteiger partial charge in [0.05, 0.1) is 17.9 Å². The highest BCUT2D eigenvalue weighted by Crippen LogP contribution is 2.24. The lowest BCUT2D eigenvalue weighted by molar-refractivity contribution is 0.102. The molecule has 34 heavy (non-hydrogen) atoms. The zero-order valence-electron chi connectivity index (χ0n) is 18.9. The third-order valence-corrected chi connectivity index (χ3v) is 5.95. The number of carbonyl (C=O) groups is 1. The van der Waals surface area contributed by atoms with Crippen molar-refractivity contribution in [3.05, 3.63) is 60.8 Å². The van der Waals surface area contributed by atoms with E-state index in [0.29, 0.717) is 17.9 Å². The fraction of sp³-hybridized carbons (Fsp3) is 0.292. The van der Waals surface area contributed by atoms with Crippen LogP contribution in [0.3, 0.4) is 0 Å². The van der Waals surface area contributed by atoms with Crippen LogP contribution in [0.1, 0.15) is 10.4 Å². The summed E-state index contributed by atoms with van der Waals surface area (Å²) in [5.74, 6) is 0.924. The first kappa shape index (κ1) is 21.9. The molecule has 10 heteroatoms. The van der Waals surface area contributed by atoms with Crippen molar-refractivity contribution in [2.45, 2.75) is 0 Å². The van der Waals surface area contributed by atoms with Gasteiger partial charge in [0, 0.05) is 80.4 Å². The van der Waals surface area contributed by atoms with Crippen LogP contribution in [0.25, 0.3) is 22.0 Å². The summed E-state index contributed by atoms with van der Waals surface area (Å²) in [5, 5.41) is 7.96. The molecule has 1 N–H and O–H groups in total. The lowest BCUT2D eigenvalue weighted by Crippen LogP contribution is -2.47. The van der Waals surface area contributed by atoms with Gasteiger partial charge in [-0.05, 0) is 24.3 Å². The van der Waals surface area contributed by atoms with E-state index in [1.807, 2.05) is 25.4 Å². The number of piperazine rings is 1. The highest BCUT2D eigenvalue weighted by Gasteiger charge is 2.19. The van der Waals surface area contributed by atoms with Crippen molar-refractivity contribution < 1.29 is 9.18 Å². The van der Waals surface area contributed by atoms with Crippen LogP contribution in [0.5, 0.6) is 0 Å². The highest BCUT2D eigenvalue weighted by atomic mass is 19.1. The minimum absolute atomic E-state index is 0.261. The maximum Gasteiger partial charge on any atom is 0.257 e. The minimum atomic E-state index is -0.336. The number of halogens is 1. The number of hydrogen-bond acceptors (Lipinski definition) is 7. The SMILES string of the molecule is Cn1cc(-c2cnc3cnc(NC(=O)c4ccnc(N5CCN(CCF)CC5)c4)cc3c2)cn1. The molecule has 1 saturated heterocycles. The summed E-state index contributed by atoms with van der Waals surface area (Å²) in [4.78, 5) is 30.4. The molecule has 0 unspecified atom stereocenters. The van der Waals surface area contributed by atoms with Crippen LogP contribution in [-0.4, -0.2) is 74.9 Å². The monoisotopic (exact) mass is 460 g/mol. The lowest BCUT2D eigenvalue weighted by atomic mass is 10.1. The molecule has 174 valence electrons. The Balaban J connectivity index is 1.31. The molecule has 4 aromatic rings. The van der Waals surface area contributed by atoms with Crippen LogP contribution < -0.4 is 10.2 Å². The molecule has 0 radical (unpaired) electrons. The zero-order chi connectivity index (χ0) is 23.5. The molecular weight excluding hydrogens is 435 g/mol. The molecule has 9 nitrogen and oxygen atoms in total. The largest absolute Gasteiger partial charge is 0.354 e. The van der Waals surface area contributed by atoms with Crippen molar-refractivity contribution in [3.8, 4) is 11.1 Å². The Morgan fingerprint density at radius 1 is 1.03 bits per heavy atom. The third kappa shape index (κ3) is 4.72. The fourth-order valence-corrected chi connectivity index (χ4v) is 4.07. The molecule has 5 heterocycles. The third-order valence-electron chi connectivity index (χ3n) is 5.95. The Labute approximate surface area is 196 Å². The second-order valence-electron chi connectivity index (χ2n) is 8.26.